The standard InChI is InChI=1S/C13H17F3O3/c1-3-4-7-19-11-8-9(5-6-10(11)18-2)12(17)13(14,15)16/h5-6,8,12,17H,3-4,7H2,1-2H3. The first-order valence-corrected chi connectivity index (χ1v) is 5.95. The molecule has 1 rings (SSSR count). The number of unbranched alkanes of at least 4 members (excludes halogenated alkanes) is 1. The van der Waals surface area contributed by atoms with Crippen LogP contribution in [0.5, 0.6) is 11.5 Å². The Labute approximate surface area is 110 Å². The smallest absolute Gasteiger partial charge is 0.418 e. The zero-order chi connectivity index (χ0) is 14.5. The second-order valence-corrected chi connectivity index (χ2v) is 4.06. The van der Waals surface area contributed by atoms with Crippen molar-refractivity contribution < 1.29 is 27.8 Å². The van der Waals surface area contributed by atoms with Crippen LogP contribution in [0.3, 0.4) is 0 Å². The summed E-state index contributed by atoms with van der Waals surface area (Å²) in [5.74, 6) is 0.547. The fourth-order valence-electron chi connectivity index (χ4n) is 1.49. The minimum absolute atomic E-state index is 0.205. The molecule has 0 aliphatic heterocycles. The maximum Gasteiger partial charge on any atom is 0.418 e. The molecule has 1 unspecified atom stereocenters. The van der Waals surface area contributed by atoms with Gasteiger partial charge in [-0.05, 0) is 24.1 Å². The molecule has 0 bridgehead atoms. The van der Waals surface area contributed by atoms with Crippen molar-refractivity contribution in [3.05, 3.63) is 23.8 Å². The van der Waals surface area contributed by atoms with E-state index in [1.807, 2.05) is 6.92 Å². The van der Waals surface area contributed by atoms with Gasteiger partial charge in [-0.1, -0.05) is 19.4 Å². The largest absolute Gasteiger partial charge is 0.493 e. The van der Waals surface area contributed by atoms with Crippen LogP contribution in [0.15, 0.2) is 18.2 Å². The van der Waals surface area contributed by atoms with Crippen LogP contribution in [0.25, 0.3) is 0 Å². The highest BCUT2D eigenvalue weighted by atomic mass is 19.4. The molecule has 1 atom stereocenters. The summed E-state index contributed by atoms with van der Waals surface area (Å²) in [5, 5.41) is 9.20. The fraction of sp³-hybridized carbons (Fsp3) is 0.538. The van der Waals surface area contributed by atoms with Crippen molar-refractivity contribution >= 4 is 0 Å². The number of alkyl halides is 3. The van der Waals surface area contributed by atoms with E-state index in [1.54, 1.807) is 0 Å². The lowest BCUT2D eigenvalue weighted by atomic mass is 10.1. The predicted octanol–water partition coefficient (Wildman–Crippen LogP) is 3.47. The monoisotopic (exact) mass is 278 g/mol. The van der Waals surface area contributed by atoms with Crippen LogP contribution in [0.1, 0.15) is 31.4 Å². The Morgan fingerprint density at radius 2 is 1.95 bits per heavy atom. The highest BCUT2D eigenvalue weighted by Crippen LogP contribution is 2.36. The third-order valence-corrected chi connectivity index (χ3v) is 2.57. The first-order valence-electron chi connectivity index (χ1n) is 5.95. The van der Waals surface area contributed by atoms with Crippen LogP contribution in [0.4, 0.5) is 13.2 Å². The zero-order valence-electron chi connectivity index (χ0n) is 10.8. The van der Waals surface area contributed by atoms with Crippen molar-refractivity contribution in [3.63, 3.8) is 0 Å². The molecule has 0 fully saturated rings. The molecule has 0 spiro atoms. The number of benzene rings is 1. The van der Waals surface area contributed by atoms with Gasteiger partial charge in [0.05, 0.1) is 13.7 Å². The molecule has 108 valence electrons. The number of rotatable bonds is 6. The molecular formula is C13H17F3O3. The van der Waals surface area contributed by atoms with Gasteiger partial charge < -0.3 is 14.6 Å². The molecule has 1 N–H and O–H groups in total. The number of hydrogen-bond acceptors (Lipinski definition) is 3. The Kier molecular flexibility index (Phi) is 5.47. The maximum atomic E-state index is 12.4. The molecule has 0 radical (unpaired) electrons. The Bertz CT molecular complexity index is 405. The van der Waals surface area contributed by atoms with Gasteiger partial charge in [0, 0.05) is 0 Å². The van der Waals surface area contributed by atoms with Crippen LogP contribution in [0.2, 0.25) is 0 Å². The van der Waals surface area contributed by atoms with E-state index in [1.165, 1.54) is 19.2 Å². The van der Waals surface area contributed by atoms with Gasteiger partial charge >= 0.3 is 6.18 Å². The van der Waals surface area contributed by atoms with Gasteiger partial charge in [-0.25, -0.2) is 0 Å². The minimum Gasteiger partial charge on any atom is -0.493 e. The summed E-state index contributed by atoms with van der Waals surface area (Å²) in [6, 6.07) is 3.68. The molecule has 0 aliphatic rings. The van der Waals surface area contributed by atoms with E-state index in [2.05, 4.69) is 0 Å². The van der Waals surface area contributed by atoms with Gasteiger partial charge in [0.2, 0.25) is 0 Å². The Hall–Kier alpha value is -1.43. The second-order valence-electron chi connectivity index (χ2n) is 4.06. The number of aliphatic hydroxyl groups is 1. The first kappa shape index (κ1) is 15.6. The Morgan fingerprint density at radius 1 is 1.26 bits per heavy atom. The van der Waals surface area contributed by atoms with Gasteiger partial charge in [0.1, 0.15) is 0 Å². The van der Waals surface area contributed by atoms with E-state index in [0.29, 0.717) is 12.4 Å². The predicted molar refractivity (Wildman–Crippen MR) is 64.4 cm³/mol. The molecule has 0 saturated heterocycles. The summed E-state index contributed by atoms with van der Waals surface area (Å²) in [5.41, 5.74) is -0.264. The molecule has 6 heteroatoms. The normalized spacial score (nSPS) is 13.2. The van der Waals surface area contributed by atoms with Crippen LogP contribution < -0.4 is 9.47 Å². The number of halogens is 3. The molecule has 0 heterocycles. The summed E-state index contributed by atoms with van der Waals surface area (Å²) in [7, 11) is 1.40. The van der Waals surface area contributed by atoms with Crippen LogP contribution >= 0.6 is 0 Å². The molecule has 0 aromatic heterocycles. The van der Waals surface area contributed by atoms with E-state index in [9.17, 15) is 18.3 Å². The Morgan fingerprint density at radius 3 is 2.47 bits per heavy atom. The molecule has 0 aliphatic carbocycles. The highest BCUT2D eigenvalue weighted by Gasteiger charge is 2.39. The van der Waals surface area contributed by atoms with E-state index in [0.717, 1.165) is 18.9 Å². The number of methoxy groups -OCH3 is 1. The van der Waals surface area contributed by atoms with Gasteiger partial charge in [0.15, 0.2) is 17.6 Å². The van der Waals surface area contributed by atoms with E-state index >= 15 is 0 Å². The van der Waals surface area contributed by atoms with Crippen LogP contribution in [0, 0.1) is 0 Å². The average molecular weight is 278 g/mol. The topological polar surface area (TPSA) is 38.7 Å². The summed E-state index contributed by atoms with van der Waals surface area (Å²) in [6.45, 7) is 2.36. The van der Waals surface area contributed by atoms with Crippen molar-refractivity contribution in [2.75, 3.05) is 13.7 Å². The second kappa shape index (κ2) is 6.65. The SMILES string of the molecule is CCCCOc1cc(C(O)C(F)(F)F)ccc1OC. The van der Waals surface area contributed by atoms with Crippen LogP contribution in [-0.4, -0.2) is 25.0 Å². The van der Waals surface area contributed by atoms with Crippen molar-refractivity contribution in [2.45, 2.75) is 32.0 Å². The summed E-state index contributed by atoms with van der Waals surface area (Å²) in [6.07, 6.45) is -5.52. The van der Waals surface area contributed by atoms with Gasteiger partial charge in [0.25, 0.3) is 0 Å². The molecule has 0 amide bonds. The maximum absolute atomic E-state index is 12.4. The number of ether oxygens (including phenoxy) is 2. The molecule has 0 saturated carbocycles. The first-order chi connectivity index (χ1) is 8.90. The van der Waals surface area contributed by atoms with E-state index in [-0.39, 0.29) is 11.3 Å². The van der Waals surface area contributed by atoms with Crippen molar-refractivity contribution in [1.82, 2.24) is 0 Å². The molecule has 1 aromatic rings. The zero-order valence-corrected chi connectivity index (χ0v) is 10.8. The highest BCUT2D eigenvalue weighted by molar-refractivity contribution is 5.43. The average Bonchev–Trinajstić information content (AvgIpc) is 2.37. The summed E-state index contributed by atoms with van der Waals surface area (Å²) < 4.78 is 47.7. The van der Waals surface area contributed by atoms with Crippen LogP contribution in [-0.2, 0) is 0 Å². The van der Waals surface area contributed by atoms with Gasteiger partial charge in [-0.2, -0.15) is 13.2 Å². The van der Waals surface area contributed by atoms with Gasteiger partial charge in [-0.15, -0.1) is 0 Å². The van der Waals surface area contributed by atoms with E-state index < -0.39 is 12.3 Å². The summed E-state index contributed by atoms with van der Waals surface area (Å²) >= 11 is 0. The van der Waals surface area contributed by atoms with Crippen molar-refractivity contribution in [3.8, 4) is 11.5 Å². The molecule has 19 heavy (non-hydrogen) atoms. The third-order valence-electron chi connectivity index (χ3n) is 2.57. The quantitative estimate of drug-likeness (QED) is 0.810. The Balaban J connectivity index is 2.94. The van der Waals surface area contributed by atoms with Gasteiger partial charge in [-0.3, -0.25) is 0 Å². The molecule has 3 nitrogen and oxygen atoms in total. The fourth-order valence-corrected chi connectivity index (χ4v) is 1.49. The molecular weight excluding hydrogens is 261 g/mol. The van der Waals surface area contributed by atoms with E-state index in [4.69, 9.17) is 9.47 Å². The molecule has 1 aromatic carbocycles. The lowest BCUT2D eigenvalue weighted by molar-refractivity contribution is -0.206. The van der Waals surface area contributed by atoms with Crippen molar-refractivity contribution in [1.29, 1.82) is 0 Å². The minimum atomic E-state index is -4.70. The lowest BCUT2D eigenvalue weighted by Gasteiger charge is -2.17. The number of hydrogen-bond donors (Lipinski definition) is 1. The van der Waals surface area contributed by atoms with Crippen molar-refractivity contribution in [2.24, 2.45) is 0 Å². The number of aliphatic hydroxyl groups excluding tert-OH is 1. The lowest BCUT2D eigenvalue weighted by Crippen LogP contribution is -2.20. The third kappa shape index (κ3) is 4.31. The summed E-state index contributed by atoms with van der Waals surface area (Å²) in [4.78, 5) is 0.